The Hall–Kier alpha value is -2.71. The fourth-order valence-corrected chi connectivity index (χ4v) is 4.25. The fourth-order valence-electron chi connectivity index (χ4n) is 3.73. The summed E-state index contributed by atoms with van der Waals surface area (Å²) in [6.07, 6.45) is 0.747. The number of alkyl carbamates (subject to hydrolysis) is 1. The summed E-state index contributed by atoms with van der Waals surface area (Å²) >= 11 is 10.7. The third-order valence-electron chi connectivity index (χ3n) is 5.63. The normalized spacial score (nSPS) is 12.9. The summed E-state index contributed by atoms with van der Waals surface area (Å²) in [4.78, 5) is 41.7. The molecule has 202 valence electrons. The summed E-state index contributed by atoms with van der Waals surface area (Å²) in [6.45, 7) is 11.3. The van der Waals surface area contributed by atoms with Gasteiger partial charge in [0.15, 0.2) is 0 Å². The van der Waals surface area contributed by atoms with Gasteiger partial charge in [-0.25, -0.2) is 4.79 Å². The lowest BCUT2D eigenvalue weighted by Crippen LogP contribution is -2.53. The van der Waals surface area contributed by atoms with Crippen molar-refractivity contribution in [1.29, 1.82) is 0 Å². The Labute approximate surface area is 230 Å². The molecule has 2 N–H and O–H groups in total. The number of ether oxygens (including phenoxy) is 1. The molecule has 2 aromatic rings. The first-order valence-corrected chi connectivity index (χ1v) is 13.4. The third kappa shape index (κ3) is 8.97. The molecule has 2 atom stereocenters. The Balaban J connectivity index is 2.49. The van der Waals surface area contributed by atoms with Crippen LogP contribution in [-0.2, 0) is 14.3 Å². The maximum atomic E-state index is 13.9. The summed E-state index contributed by atoms with van der Waals surface area (Å²) in [7, 11) is 0. The molecule has 2 rings (SSSR count). The fraction of sp³-hybridized carbons (Fsp3) is 0.464. The zero-order valence-electron chi connectivity index (χ0n) is 22.4. The Morgan fingerprint density at radius 1 is 1.08 bits per heavy atom. The molecule has 7 nitrogen and oxygen atoms in total. The van der Waals surface area contributed by atoms with Crippen molar-refractivity contribution in [2.45, 2.75) is 72.1 Å². The summed E-state index contributed by atoms with van der Waals surface area (Å²) < 4.78 is 5.34. The average Bonchev–Trinajstić information content (AvgIpc) is 2.82. The van der Waals surface area contributed by atoms with E-state index in [1.165, 1.54) is 4.90 Å². The first-order chi connectivity index (χ1) is 17.4. The number of thiol groups is 1. The molecule has 0 aliphatic rings. The van der Waals surface area contributed by atoms with Crippen LogP contribution in [0, 0.1) is 13.8 Å². The Bertz CT molecular complexity index is 1070. The number of rotatable bonds is 10. The second-order valence-corrected chi connectivity index (χ2v) is 10.8. The highest BCUT2D eigenvalue weighted by molar-refractivity contribution is 7.80. The van der Waals surface area contributed by atoms with Crippen molar-refractivity contribution in [3.63, 3.8) is 0 Å². The van der Waals surface area contributed by atoms with Crippen molar-refractivity contribution < 1.29 is 19.1 Å². The van der Waals surface area contributed by atoms with E-state index in [-0.39, 0.29) is 5.75 Å². The summed E-state index contributed by atoms with van der Waals surface area (Å²) in [5.74, 6) is -0.794. The predicted octanol–water partition coefficient (Wildman–Crippen LogP) is 6.09. The molecule has 0 fully saturated rings. The number of hydrogen-bond acceptors (Lipinski definition) is 5. The van der Waals surface area contributed by atoms with Gasteiger partial charge in [0.2, 0.25) is 5.91 Å². The van der Waals surface area contributed by atoms with E-state index >= 15 is 0 Å². The quantitative estimate of drug-likeness (QED) is 0.314. The highest BCUT2D eigenvalue weighted by atomic mass is 35.5. The molecule has 0 radical (unpaired) electrons. The van der Waals surface area contributed by atoms with Gasteiger partial charge in [0, 0.05) is 12.3 Å². The summed E-state index contributed by atoms with van der Waals surface area (Å²) in [6, 6.07) is 10.9. The van der Waals surface area contributed by atoms with Crippen LogP contribution in [0.3, 0.4) is 0 Å². The van der Waals surface area contributed by atoms with Gasteiger partial charge in [-0.05, 0) is 58.2 Å². The van der Waals surface area contributed by atoms with Crippen LogP contribution in [0.25, 0.3) is 0 Å². The standard InChI is InChI=1S/C28H38ClN3O4S/c1-7-8-16-32(26(34)22(17-37)30-27(35)36-28(4,5)6)24(20-14-12-18(2)13-15-20)25(33)31-23-19(3)10-9-11-21(23)29/h9-15,22,24,37H,7-8,16-17H2,1-6H3,(H,30,35)(H,31,33). The first-order valence-electron chi connectivity index (χ1n) is 12.4. The first kappa shape index (κ1) is 30.5. The number of unbranched alkanes of at least 4 members (excludes halogenated alkanes) is 1. The maximum absolute atomic E-state index is 13.9. The van der Waals surface area contributed by atoms with E-state index in [1.807, 2.05) is 57.2 Å². The van der Waals surface area contributed by atoms with Crippen molar-refractivity contribution in [3.05, 3.63) is 64.2 Å². The van der Waals surface area contributed by atoms with E-state index < -0.39 is 35.6 Å². The van der Waals surface area contributed by atoms with Crippen LogP contribution < -0.4 is 10.6 Å². The molecule has 0 aromatic heterocycles. The number of halogens is 1. The molecule has 0 aliphatic carbocycles. The second-order valence-electron chi connectivity index (χ2n) is 10.0. The van der Waals surface area contributed by atoms with Gasteiger partial charge in [-0.2, -0.15) is 12.6 Å². The van der Waals surface area contributed by atoms with E-state index in [2.05, 4.69) is 23.3 Å². The monoisotopic (exact) mass is 547 g/mol. The summed E-state index contributed by atoms with van der Waals surface area (Å²) in [5.41, 5.74) is 2.23. The zero-order chi connectivity index (χ0) is 27.8. The molecule has 2 aromatic carbocycles. The van der Waals surface area contributed by atoms with Gasteiger partial charge in [-0.3, -0.25) is 9.59 Å². The van der Waals surface area contributed by atoms with E-state index in [4.69, 9.17) is 16.3 Å². The van der Waals surface area contributed by atoms with E-state index in [0.29, 0.717) is 29.2 Å². The van der Waals surface area contributed by atoms with Gasteiger partial charge in [0.25, 0.3) is 5.91 Å². The predicted molar refractivity (Wildman–Crippen MR) is 152 cm³/mol. The highest BCUT2D eigenvalue weighted by Gasteiger charge is 2.36. The zero-order valence-corrected chi connectivity index (χ0v) is 24.1. The molecule has 0 aliphatic heterocycles. The SMILES string of the molecule is CCCCN(C(=O)C(CS)NC(=O)OC(C)(C)C)C(C(=O)Nc1c(C)cccc1Cl)c1ccc(C)cc1. The Kier molecular flexibility index (Phi) is 11.3. The molecular weight excluding hydrogens is 510 g/mol. The number of nitrogens with one attached hydrogen (secondary N) is 2. The van der Waals surface area contributed by atoms with Gasteiger partial charge < -0.3 is 20.3 Å². The van der Waals surface area contributed by atoms with E-state index in [1.54, 1.807) is 26.8 Å². The molecule has 0 heterocycles. The minimum atomic E-state index is -0.988. The van der Waals surface area contributed by atoms with Gasteiger partial charge in [-0.15, -0.1) is 0 Å². The van der Waals surface area contributed by atoms with Crippen LogP contribution in [0.5, 0.6) is 0 Å². The molecule has 0 spiro atoms. The number of hydrogen-bond donors (Lipinski definition) is 3. The lowest BCUT2D eigenvalue weighted by Gasteiger charge is -2.34. The number of carbonyl (C=O) groups excluding carboxylic acids is 3. The molecular formula is C28H38ClN3O4S. The maximum Gasteiger partial charge on any atom is 0.408 e. The van der Waals surface area contributed by atoms with Crippen LogP contribution in [0.4, 0.5) is 10.5 Å². The van der Waals surface area contributed by atoms with Crippen molar-refractivity contribution in [2.24, 2.45) is 0 Å². The minimum absolute atomic E-state index is 0.0343. The van der Waals surface area contributed by atoms with Gasteiger partial charge in [-0.1, -0.05) is 66.9 Å². The van der Waals surface area contributed by atoms with Crippen LogP contribution in [0.15, 0.2) is 42.5 Å². The van der Waals surface area contributed by atoms with Crippen LogP contribution in [-0.4, -0.2) is 46.7 Å². The molecule has 0 saturated carbocycles. The molecule has 2 unspecified atom stereocenters. The third-order valence-corrected chi connectivity index (χ3v) is 6.31. The Morgan fingerprint density at radius 3 is 2.27 bits per heavy atom. The van der Waals surface area contributed by atoms with Crippen molar-refractivity contribution in [2.75, 3.05) is 17.6 Å². The molecule has 0 bridgehead atoms. The minimum Gasteiger partial charge on any atom is -0.444 e. The van der Waals surface area contributed by atoms with Crippen LogP contribution in [0.2, 0.25) is 5.02 Å². The van der Waals surface area contributed by atoms with Crippen molar-refractivity contribution >= 4 is 47.8 Å². The van der Waals surface area contributed by atoms with Gasteiger partial charge in [0.1, 0.15) is 17.7 Å². The number of benzene rings is 2. The molecule has 3 amide bonds. The number of aryl methyl sites for hydroxylation is 2. The van der Waals surface area contributed by atoms with Crippen molar-refractivity contribution in [1.82, 2.24) is 10.2 Å². The highest BCUT2D eigenvalue weighted by Crippen LogP contribution is 2.30. The molecule has 37 heavy (non-hydrogen) atoms. The Morgan fingerprint density at radius 2 is 1.73 bits per heavy atom. The number of anilines is 1. The van der Waals surface area contributed by atoms with Crippen molar-refractivity contribution in [3.8, 4) is 0 Å². The van der Waals surface area contributed by atoms with Crippen LogP contribution in [0.1, 0.15) is 63.3 Å². The number of carbonyl (C=O) groups is 3. The van der Waals surface area contributed by atoms with E-state index in [0.717, 1.165) is 17.5 Å². The second kappa shape index (κ2) is 13.7. The average molecular weight is 548 g/mol. The largest absolute Gasteiger partial charge is 0.444 e. The van der Waals surface area contributed by atoms with E-state index in [9.17, 15) is 14.4 Å². The lowest BCUT2D eigenvalue weighted by atomic mass is 10.0. The number of nitrogens with zero attached hydrogens (tertiary/aromatic N) is 1. The number of amides is 3. The molecule has 0 saturated heterocycles. The molecule has 9 heteroatoms. The summed E-state index contributed by atoms with van der Waals surface area (Å²) in [5, 5.41) is 5.96. The topological polar surface area (TPSA) is 87.7 Å². The van der Waals surface area contributed by atoms with Gasteiger partial charge >= 0.3 is 6.09 Å². The lowest BCUT2D eigenvalue weighted by molar-refractivity contribution is -0.140. The smallest absolute Gasteiger partial charge is 0.408 e. The van der Waals surface area contributed by atoms with Crippen LogP contribution >= 0.6 is 24.2 Å². The number of para-hydroxylation sites is 1. The van der Waals surface area contributed by atoms with Gasteiger partial charge in [0.05, 0.1) is 10.7 Å².